The minimum absolute atomic E-state index is 0.185. The molecule has 2 unspecified atom stereocenters. The van der Waals surface area contributed by atoms with E-state index in [0.29, 0.717) is 18.4 Å². The summed E-state index contributed by atoms with van der Waals surface area (Å²) in [6, 6.07) is 8.02. The highest BCUT2D eigenvalue weighted by Gasteiger charge is 2.36. The van der Waals surface area contributed by atoms with Crippen LogP contribution in [0.4, 0.5) is 0 Å². The first-order valence-electron chi connectivity index (χ1n) is 7.18. The summed E-state index contributed by atoms with van der Waals surface area (Å²) in [6.45, 7) is 3.41. The molecule has 1 N–H and O–H groups in total. The summed E-state index contributed by atoms with van der Waals surface area (Å²) in [6.07, 6.45) is 2.46. The van der Waals surface area contributed by atoms with Crippen LogP contribution in [0.1, 0.15) is 29.6 Å². The zero-order valence-electron chi connectivity index (χ0n) is 12.2. The summed E-state index contributed by atoms with van der Waals surface area (Å²) in [5, 5.41) is 1.49. The molecule has 0 aliphatic carbocycles. The van der Waals surface area contributed by atoms with E-state index < -0.39 is 27.0 Å². The molecule has 1 aliphatic rings. The molecule has 1 amide bonds. The third kappa shape index (κ3) is 3.62. The quantitative estimate of drug-likeness (QED) is 0.658. The van der Waals surface area contributed by atoms with E-state index in [2.05, 4.69) is 11.9 Å². The van der Waals surface area contributed by atoms with Crippen molar-refractivity contribution in [1.82, 2.24) is 5.32 Å². The maximum absolute atomic E-state index is 12.4. The number of ketones is 1. The van der Waals surface area contributed by atoms with Crippen LogP contribution in [0, 0.1) is 0 Å². The molecule has 1 aromatic rings. The van der Waals surface area contributed by atoms with Gasteiger partial charge in [0.15, 0.2) is 15.6 Å². The van der Waals surface area contributed by atoms with E-state index in [9.17, 15) is 18.0 Å². The number of sulfone groups is 1. The van der Waals surface area contributed by atoms with Crippen LogP contribution in [0.5, 0.6) is 0 Å². The molecule has 5 nitrogen and oxygen atoms in total. The van der Waals surface area contributed by atoms with Crippen LogP contribution in [0.25, 0.3) is 0 Å². The molecule has 2 rings (SSSR count). The minimum Gasteiger partial charge on any atom is -0.345 e. The Kier molecular flexibility index (Phi) is 5.13. The van der Waals surface area contributed by atoms with Crippen LogP contribution in [0.2, 0.25) is 0 Å². The van der Waals surface area contributed by atoms with Crippen molar-refractivity contribution in [3.05, 3.63) is 48.6 Å². The van der Waals surface area contributed by atoms with Crippen LogP contribution >= 0.6 is 0 Å². The van der Waals surface area contributed by atoms with Crippen molar-refractivity contribution in [3.63, 3.8) is 0 Å². The first kappa shape index (κ1) is 16.4. The first-order chi connectivity index (χ1) is 10.5. The molecule has 1 aliphatic heterocycles. The molecule has 118 valence electrons. The van der Waals surface area contributed by atoms with E-state index in [-0.39, 0.29) is 18.0 Å². The molecule has 1 fully saturated rings. The summed E-state index contributed by atoms with van der Waals surface area (Å²) in [7, 11) is -3.56. The van der Waals surface area contributed by atoms with Gasteiger partial charge < -0.3 is 5.32 Å². The van der Waals surface area contributed by atoms with Gasteiger partial charge in [0.2, 0.25) is 5.91 Å². The number of benzene rings is 1. The molecule has 2 atom stereocenters. The third-order valence-corrected chi connectivity index (χ3v) is 5.74. The first-order valence-corrected chi connectivity index (χ1v) is 8.89. The van der Waals surface area contributed by atoms with Crippen molar-refractivity contribution >= 4 is 21.5 Å². The Morgan fingerprint density at radius 3 is 2.59 bits per heavy atom. The lowest BCUT2D eigenvalue weighted by molar-refractivity contribution is -0.120. The average Bonchev–Trinajstić information content (AvgIpc) is 2.69. The molecule has 1 saturated heterocycles. The molecular weight excluding hydrogens is 302 g/mol. The van der Waals surface area contributed by atoms with Gasteiger partial charge >= 0.3 is 0 Å². The van der Waals surface area contributed by atoms with Gasteiger partial charge in [0.05, 0.1) is 11.8 Å². The molecule has 0 bridgehead atoms. The zero-order valence-corrected chi connectivity index (χ0v) is 13.0. The SMILES string of the molecule is C=CCS(=O)(=O)C1CCCC(C(=O)c2ccccc2)NC1=O. The van der Waals surface area contributed by atoms with Gasteiger partial charge in [-0.05, 0) is 19.3 Å². The largest absolute Gasteiger partial charge is 0.345 e. The van der Waals surface area contributed by atoms with Gasteiger partial charge in [-0.25, -0.2) is 8.42 Å². The number of Topliss-reactive ketones (excluding diaryl/α,β-unsaturated/α-hetero) is 1. The Morgan fingerprint density at radius 2 is 1.95 bits per heavy atom. The van der Waals surface area contributed by atoms with Crippen molar-refractivity contribution in [1.29, 1.82) is 0 Å². The van der Waals surface area contributed by atoms with Gasteiger partial charge in [0.25, 0.3) is 0 Å². The minimum atomic E-state index is -3.56. The average molecular weight is 321 g/mol. The normalized spacial score (nSPS) is 22.5. The number of amides is 1. The van der Waals surface area contributed by atoms with Gasteiger partial charge in [0.1, 0.15) is 5.25 Å². The Hall–Kier alpha value is -1.95. The monoisotopic (exact) mass is 321 g/mol. The smallest absolute Gasteiger partial charge is 0.238 e. The Labute approximate surface area is 130 Å². The van der Waals surface area contributed by atoms with Gasteiger partial charge in [-0.3, -0.25) is 9.59 Å². The van der Waals surface area contributed by atoms with Crippen LogP contribution in [-0.2, 0) is 14.6 Å². The number of hydrogen-bond acceptors (Lipinski definition) is 4. The van der Waals surface area contributed by atoms with E-state index in [4.69, 9.17) is 0 Å². The van der Waals surface area contributed by atoms with Gasteiger partial charge in [-0.1, -0.05) is 36.4 Å². The van der Waals surface area contributed by atoms with Crippen LogP contribution in [-0.4, -0.2) is 37.2 Å². The maximum Gasteiger partial charge on any atom is 0.238 e. The van der Waals surface area contributed by atoms with Crippen molar-refractivity contribution in [2.45, 2.75) is 30.6 Å². The Bertz CT molecular complexity index is 667. The molecule has 0 radical (unpaired) electrons. The Balaban J connectivity index is 2.16. The third-order valence-electron chi connectivity index (χ3n) is 3.73. The zero-order chi connectivity index (χ0) is 16.2. The summed E-state index contributed by atoms with van der Waals surface area (Å²) in [5.41, 5.74) is 0.514. The summed E-state index contributed by atoms with van der Waals surface area (Å²) in [4.78, 5) is 24.6. The summed E-state index contributed by atoms with van der Waals surface area (Å²) < 4.78 is 24.2. The highest BCUT2D eigenvalue weighted by Crippen LogP contribution is 2.19. The maximum atomic E-state index is 12.4. The fourth-order valence-electron chi connectivity index (χ4n) is 2.60. The van der Waals surface area contributed by atoms with E-state index in [1.54, 1.807) is 30.3 Å². The lowest BCUT2D eigenvalue weighted by atomic mass is 10.0. The van der Waals surface area contributed by atoms with Gasteiger partial charge in [-0.2, -0.15) is 0 Å². The van der Waals surface area contributed by atoms with Crippen LogP contribution < -0.4 is 5.32 Å². The predicted octanol–water partition coefficient (Wildman–Crippen LogP) is 1.51. The van der Waals surface area contributed by atoms with E-state index >= 15 is 0 Å². The molecular formula is C16H19NO4S. The molecule has 0 aromatic heterocycles. The standard InChI is InChI=1S/C16H19NO4S/c1-2-11-22(20,21)14-10-6-9-13(17-16(14)19)15(18)12-7-4-3-5-8-12/h2-5,7-8,13-14H,1,6,9-11H2,(H,17,19). The number of carbonyl (C=O) groups is 2. The van der Waals surface area contributed by atoms with Crippen LogP contribution in [0.3, 0.4) is 0 Å². The lowest BCUT2D eigenvalue weighted by Gasteiger charge is -2.16. The highest BCUT2D eigenvalue weighted by molar-refractivity contribution is 7.92. The van der Waals surface area contributed by atoms with Gasteiger partial charge in [-0.15, -0.1) is 6.58 Å². The summed E-state index contributed by atoms with van der Waals surface area (Å²) >= 11 is 0. The molecule has 6 heteroatoms. The topological polar surface area (TPSA) is 80.3 Å². The van der Waals surface area contributed by atoms with Gasteiger partial charge in [0, 0.05) is 5.56 Å². The molecule has 0 saturated carbocycles. The second-order valence-electron chi connectivity index (χ2n) is 5.33. The molecule has 1 aromatic carbocycles. The second-order valence-corrected chi connectivity index (χ2v) is 7.56. The lowest BCUT2D eigenvalue weighted by Crippen LogP contribution is -2.45. The molecule has 1 heterocycles. The fraction of sp³-hybridized carbons (Fsp3) is 0.375. The van der Waals surface area contributed by atoms with Crippen molar-refractivity contribution in [3.8, 4) is 0 Å². The predicted molar refractivity (Wildman–Crippen MR) is 84.3 cm³/mol. The summed E-state index contributed by atoms with van der Waals surface area (Å²) in [5.74, 6) is -1.01. The molecule has 22 heavy (non-hydrogen) atoms. The van der Waals surface area contributed by atoms with Crippen LogP contribution in [0.15, 0.2) is 43.0 Å². The Morgan fingerprint density at radius 1 is 1.27 bits per heavy atom. The van der Waals surface area contributed by atoms with Crippen molar-refractivity contribution in [2.24, 2.45) is 0 Å². The van der Waals surface area contributed by atoms with E-state index in [1.165, 1.54) is 6.08 Å². The van der Waals surface area contributed by atoms with E-state index in [0.717, 1.165) is 0 Å². The number of carbonyl (C=O) groups excluding carboxylic acids is 2. The number of rotatable bonds is 5. The number of hydrogen-bond donors (Lipinski definition) is 1. The second kappa shape index (κ2) is 6.87. The van der Waals surface area contributed by atoms with Crippen molar-refractivity contribution < 1.29 is 18.0 Å². The molecule has 0 spiro atoms. The highest BCUT2D eigenvalue weighted by atomic mass is 32.2. The number of nitrogens with one attached hydrogen (secondary N) is 1. The van der Waals surface area contributed by atoms with E-state index in [1.807, 2.05) is 0 Å². The fourth-order valence-corrected chi connectivity index (χ4v) is 4.08. The van der Waals surface area contributed by atoms with Crippen molar-refractivity contribution in [2.75, 3.05) is 5.75 Å².